The second kappa shape index (κ2) is 5.41. The van der Waals surface area contributed by atoms with Crippen molar-refractivity contribution in [2.45, 2.75) is 64.6 Å². The molecule has 0 aromatic carbocycles. The van der Waals surface area contributed by atoms with E-state index >= 15 is 0 Å². The summed E-state index contributed by atoms with van der Waals surface area (Å²) in [5.41, 5.74) is 3.38. The third kappa shape index (κ3) is 2.12. The van der Waals surface area contributed by atoms with E-state index in [0.29, 0.717) is 30.8 Å². The zero-order valence-corrected chi connectivity index (χ0v) is 16.8. The Hall–Kier alpha value is -1.73. The topological polar surface area (TPSA) is 75.2 Å². The number of nitrogens with zero attached hydrogens (tertiary/aromatic N) is 4. The Morgan fingerprint density at radius 1 is 1.11 bits per heavy atom. The molecule has 2 aliphatic carbocycles. The molecule has 0 N–H and O–H groups in total. The molecule has 0 amide bonds. The first-order valence-electron chi connectivity index (χ1n) is 9.93. The third-order valence-corrected chi connectivity index (χ3v) is 7.46. The van der Waals surface area contributed by atoms with E-state index in [2.05, 4.69) is 30.9 Å². The van der Waals surface area contributed by atoms with Crippen LogP contribution in [0.3, 0.4) is 0 Å². The Bertz CT molecular complexity index is 893. The number of aromatic nitrogens is 4. The van der Waals surface area contributed by atoms with Crippen molar-refractivity contribution in [3.63, 3.8) is 0 Å². The van der Waals surface area contributed by atoms with E-state index < -0.39 is 5.79 Å². The van der Waals surface area contributed by atoms with Crippen LogP contribution < -0.4 is 0 Å². The molecule has 0 radical (unpaired) electrons. The van der Waals surface area contributed by atoms with Crippen LogP contribution in [0.4, 0.5) is 0 Å². The number of hydrogen-bond acceptors (Lipinski definition) is 6. The summed E-state index contributed by atoms with van der Waals surface area (Å²) in [6.07, 6.45) is 3.96. The predicted molar refractivity (Wildman–Crippen MR) is 98.1 cm³/mol. The molecule has 1 saturated heterocycles. The number of fused-ring (bicyclic) bond motifs is 3. The molecule has 3 aliphatic rings. The highest BCUT2D eigenvalue weighted by Gasteiger charge is 2.64. The highest BCUT2D eigenvalue weighted by molar-refractivity contribution is 5.59. The monoisotopic (exact) mass is 372 g/mol. The van der Waals surface area contributed by atoms with Gasteiger partial charge in [-0.15, -0.1) is 0 Å². The van der Waals surface area contributed by atoms with Crippen molar-refractivity contribution in [1.82, 2.24) is 19.9 Å². The predicted octanol–water partition coefficient (Wildman–Crippen LogP) is 3.16. The van der Waals surface area contributed by atoms with Crippen LogP contribution in [0.2, 0.25) is 0 Å². The molecule has 2 fully saturated rings. The van der Waals surface area contributed by atoms with Gasteiger partial charge < -0.3 is 14.0 Å². The van der Waals surface area contributed by atoms with Gasteiger partial charge in [-0.1, -0.05) is 25.9 Å². The van der Waals surface area contributed by atoms with E-state index in [1.54, 1.807) is 0 Å². The maximum atomic E-state index is 6.20. The van der Waals surface area contributed by atoms with Crippen LogP contribution in [0.15, 0.2) is 4.52 Å². The van der Waals surface area contributed by atoms with E-state index in [9.17, 15) is 0 Å². The van der Waals surface area contributed by atoms with E-state index in [4.69, 9.17) is 19.1 Å². The maximum absolute atomic E-state index is 6.20. The first-order valence-corrected chi connectivity index (χ1v) is 9.93. The van der Waals surface area contributed by atoms with Crippen molar-refractivity contribution in [1.29, 1.82) is 0 Å². The lowest BCUT2D eigenvalue weighted by Crippen LogP contribution is -2.61. The molecule has 27 heavy (non-hydrogen) atoms. The van der Waals surface area contributed by atoms with Crippen LogP contribution in [0.25, 0.3) is 11.5 Å². The lowest BCUT2D eigenvalue weighted by atomic mass is 9.49. The summed E-state index contributed by atoms with van der Waals surface area (Å²) in [5, 5.41) is 9.14. The Balaban J connectivity index is 1.61. The number of aryl methyl sites for hydroxylation is 2. The van der Waals surface area contributed by atoms with Crippen molar-refractivity contribution >= 4 is 0 Å². The molecule has 0 bridgehead atoms. The van der Waals surface area contributed by atoms with Crippen molar-refractivity contribution in [2.75, 3.05) is 13.2 Å². The highest BCUT2D eigenvalue weighted by Crippen LogP contribution is 2.62. The van der Waals surface area contributed by atoms with Gasteiger partial charge in [-0.25, -0.2) is 0 Å². The number of ether oxygens (including phenoxy) is 2. The van der Waals surface area contributed by atoms with Gasteiger partial charge in [0.2, 0.25) is 11.7 Å². The first-order chi connectivity index (χ1) is 12.8. The zero-order valence-electron chi connectivity index (χ0n) is 16.8. The van der Waals surface area contributed by atoms with E-state index in [0.717, 1.165) is 31.4 Å². The summed E-state index contributed by atoms with van der Waals surface area (Å²) >= 11 is 0. The molecule has 2 aromatic heterocycles. The minimum atomic E-state index is -0.447. The lowest BCUT2D eigenvalue weighted by molar-refractivity contribution is -0.276. The van der Waals surface area contributed by atoms with Gasteiger partial charge in [0.15, 0.2) is 5.79 Å². The molecule has 2 atom stereocenters. The lowest BCUT2D eigenvalue weighted by Gasteiger charge is -2.59. The second-order valence-electron chi connectivity index (χ2n) is 9.12. The van der Waals surface area contributed by atoms with Gasteiger partial charge in [0.05, 0.1) is 18.9 Å². The average molecular weight is 372 g/mol. The first kappa shape index (κ1) is 17.4. The summed E-state index contributed by atoms with van der Waals surface area (Å²) in [6, 6.07) is 0. The van der Waals surface area contributed by atoms with Gasteiger partial charge in [-0.2, -0.15) is 10.1 Å². The Morgan fingerprint density at radius 3 is 2.52 bits per heavy atom. The molecule has 1 aliphatic heterocycles. The van der Waals surface area contributed by atoms with Gasteiger partial charge >= 0.3 is 0 Å². The summed E-state index contributed by atoms with van der Waals surface area (Å²) in [5.74, 6) is 1.21. The Kier molecular flexibility index (Phi) is 3.48. The van der Waals surface area contributed by atoms with Crippen molar-refractivity contribution in [3.8, 4) is 11.5 Å². The summed E-state index contributed by atoms with van der Waals surface area (Å²) in [6.45, 7) is 10.2. The minimum absolute atomic E-state index is 0.00751. The van der Waals surface area contributed by atoms with Gasteiger partial charge in [0.1, 0.15) is 5.69 Å². The summed E-state index contributed by atoms with van der Waals surface area (Å²) in [4.78, 5) is 4.46. The van der Waals surface area contributed by atoms with Gasteiger partial charge in [0, 0.05) is 36.8 Å². The van der Waals surface area contributed by atoms with Crippen LogP contribution >= 0.6 is 0 Å². The molecular formula is C20H28N4O3. The Labute approximate surface area is 159 Å². The highest BCUT2D eigenvalue weighted by atomic mass is 16.7. The molecular weight excluding hydrogens is 344 g/mol. The average Bonchev–Trinajstić information content (AvgIpc) is 3.31. The standard InChI is InChI=1S/C20H28N4O3/c1-12-21-17(23-27-12)15-13-6-7-14-18(2,3)20(25-10-11-26-20)9-8-19(14,4)16(13)22-24(15)5/h14H,6-11H2,1-5H3/t14-,19-/m0/s1. The summed E-state index contributed by atoms with van der Waals surface area (Å²) in [7, 11) is 1.98. The molecule has 5 rings (SSSR count). The minimum Gasteiger partial charge on any atom is -0.347 e. The number of rotatable bonds is 1. The molecule has 3 heterocycles. The Morgan fingerprint density at radius 2 is 1.85 bits per heavy atom. The largest absolute Gasteiger partial charge is 0.347 e. The molecule has 1 saturated carbocycles. The van der Waals surface area contributed by atoms with E-state index in [-0.39, 0.29) is 10.8 Å². The molecule has 0 unspecified atom stereocenters. The number of hydrogen-bond donors (Lipinski definition) is 0. The molecule has 1 spiro atoms. The van der Waals surface area contributed by atoms with Crippen LogP contribution in [0, 0.1) is 18.3 Å². The van der Waals surface area contributed by atoms with Gasteiger partial charge in [0.25, 0.3) is 0 Å². The van der Waals surface area contributed by atoms with Crippen LogP contribution in [-0.2, 0) is 28.4 Å². The van der Waals surface area contributed by atoms with Crippen molar-refractivity contribution in [2.24, 2.45) is 18.4 Å². The fraction of sp³-hybridized carbons (Fsp3) is 0.750. The fourth-order valence-corrected chi connectivity index (χ4v) is 6.14. The van der Waals surface area contributed by atoms with Crippen LogP contribution in [-0.4, -0.2) is 38.9 Å². The van der Waals surface area contributed by atoms with Crippen molar-refractivity contribution in [3.05, 3.63) is 17.1 Å². The van der Waals surface area contributed by atoms with Crippen LogP contribution in [0.5, 0.6) is 0 Å². The smallest absolute Gasteiger partial charge is 0.223 e. The zero-order chi connectivity index (χ0) is 19.0. The third-order valence-electron chi connectivity index (χ3n) is 7.46. The fourth-order valence-electron chi connectivity index (χ4n) is 6.14. The van der Waals surface area contributed by atoms with E-state index in [1.165, 1.54) is 11.3 Å². The molecule has 7 heteroatoms. The van der Waals surface area contributed by atoms with Crippen molar-refractivity contribution < 1.29 is 14.0 Å². The second-order valence-corrected chi connectivity index (χ2v) is 9.12. The van der Waals surface area contributed by atoms with Gasteiger partial charge in [-0.05, 0) is 25.2 Å². The SMILES string of the molecule is Cc1nc(-c2c3c(nn2C)[C@@]2(C)CCC4(OCCO4)C(C)(C)[C@@H]2CC3)no1. The molecule has 7 nitrogen and oxygen atoms in total. The quantitative estimate of drug-likeness (QED) is 0.765. The van der Waals surface area contributed by atoms with E-state index in [1.807, 2.05) is 18.7 Å². The maximum Gasteiger partial charge on any atom is 0.223 e. The normalized spacial score (nSPS) is 31.1. The van der Waals surface area contributed by atoms with Gasteiger partial charge in [-0.3, -0.25) is 4.68 Å². The molecule has 2 aromatic rings. The summed E-state index contributed by atoms with van der Waals surface area (Å²) < 4.78 is 19.6. The molecule has 146 valence electrons. The van der Waals surface area contributed by atoms with Crippen LogP contribution in [0.1, 0.15) is 57.2 Å².